The van der Waals surface area contributed by atoms with E-state index in [-0.39, 0.29) is 4.83 Å². The molecule has 0 aromatic heterocycles. The summed E-state index contributed by atoms with van der Waals surface area (Å²) in [6.45, 7) is 0. The third-order valence-corrected chi connectivity index (χ3v) is 5.61. The minimum atomic E-state index is 0.0399. The van der Waals surface area contributed by atoms with Crippen molar-refractivity contribution in [3.63, 3.8) is 0 Å². The molecule has 0 radical (unpaired) electrons. The van der Waals surface area contributed by atoms with E-state index >= 15 is 0 Å². The van der Waals surface area contributed by atoms with Crippen LogP contribution in [0.15, 0.2) is 45.8 Å². The molecular formula is C16H16Br2O2S. The van der Waals surface area contributed by atoms with Gasteiger partial charge in [0.15, 0.2) is 0 Å². The average Bonchev–Trinajstić information content (AvgIpc) is 2.53. The molecule has 1 unspecified atom stereocenters. The maximum Gasteiger partial charge on any atom is 0.133 e. The monoisotopic (exact) mass is 430 g/mol. The Kier molecular flexibility index (Phi) is 6.02. The number of hydrogen-bond donors (Lipinski definition) is 0. The third kappa shape index (κ3) is 3.58. The molecule has 0 N–H and O–H groups in total. The highest BCUT2D eigenvalue weighted by atomic mass is 79.9. The Balaban J connectivity index is 2.54. The lowest BCUT2D eigenvalue weighted by Crippen LogP contribution is -2.00. The Morgan fingerprint density at radius 1 is 1.00 bits per heavy atom. The minimum absolute atomic E-state index is 0.0399. The second kappa shape index (κ2) is 7.56. The topological polar surface area (TPSA) is 18.5 Å². The summed E-state index contributed by atoms with van der Waals surface area (Å²) in [4.78, 5) is 1.28. The van der Waals surface area contributed by atoms with Gasteiger partial charge in [0, 0.05) is 10.5 Å². The van der Waals surface area contributed by atoms with Crippen LogP contribution in [0.25, 0.3) is 0 Å². The number of methoxy groups -OCH3 is 2. The maximum atomic E-state index is 5.52. The standard InChI is InChI=1S/C16H16Br2O2S/c1-19-13-9-12(17)14(20-2)8-11(13)16(18)10-6-4-5-7-15(10)21-3/h4-9,16H,1-3H3. The molecule has 112 valence electrons. The van der Waals surface area contributed by atoms with Crippen molar-refractivity contribution in [2.75, 3.05) is 20.5 Å². The fourth-order valence-corrected chi connectivity index (χ4v) is 4.15. The van der Waals surface area contributed by atoms with Crippen molar-refractivity contribution in [3.8, 4) is 11.5 Å². The molecule has 0 aliphatic carbocycles. The molecule has 0 aliphatic heterocycles. The van der Waals surface area contributed by atoms with Gasteiger partial charge >= 0.3 is 0 Å². The molecule has 0 bridgehead atoms. The maximum absolute atomic E-state index is 5.52. The second-order valence-electron chi connectivity index (χ2n) is 4.33. The van der Waals surface area contributed by atoms with Crippen LogP contribution in [-0.2, 0) is 0 Å². The van der Waals surface area contributed by atoms with E-state index in [1.165, 1.54) is 10.5 Å². The summed E-state index contributed by atoms with van der Waals surface area (Å²) in [7, 11) is 3.34. The molecule has 0 spiro atoms. The fourth-order valence-electron chi connectivity index (χ4n) is 2.13. The van der Waals surface area contributed by atoms with E-state index in [1.807, 2.05) is 18.2 Å². The van der Waals surface area contributed by atoms with Crippen LogP contribution in [-0.4, -0.2) is 20.5 Å². The summed E-state index contributed by atoms with van der Waals surface area (Å²) in [5.41, 5.74) is 2.26. The van der Waals surface area contributed by atoms with Crippen molar-refractivity contribution in [1.29, 1.82) is 0 Å². The molecule has 5 heteroatoms. The molecule has 0 heterocycles. The third-order valence-electron chi connectivity index (χ3n) is 3.19. The molecule has 0 fully saturated rings. The highest BCUT2D eigenvalue weighted by Crippen LogP contribution is 2.43. The van der Waals surface area contributed by atoms with Crippen LogP contribution in [0.3, 0.4) is 0 Å². The van der Waals surface area contributed by atoms with Crippen LogP contribution in [0.4, 0.5) is 0 Å². The molecule has 0 saturated heterocycles. The highest BCUT2D eigenvalue weighted by Gasteiger charge is 2.20. The number of benzene rings is 2. The van der Waals surface area contributed by atoms with Crippen molar-refractivity contribution in [2.45, 2.75) is 9.72 Å². The van der Waals surface area contributed by atoms with Crippen LogP contribution in [0.5, 0.6) is 11.5 Å². The number of alkyl halides is 1. The van der Waals surface area contributed by atoms with Gasteiger partial charge in [0.1, 0.15) is 11.5 Å². The van der Waals surface area contributed by atoms with Crippen molar-refractivity contribution >= 4 is 43.6 Å². The number of thioether (sulfide) groups is 1. The van der Waals surface area contributed by atoms with Gasteiger partial charge in [0.05, 0.1) is 23.5 Å². The molecule has 2 aromatic carbocycles. The van der Waals surface area contributed by atoms with E-state index in [2.05, 4.69) is 56.3 Å². The van der Waals surface area contributed by atoms with E-state index in [9.17, 15) is 0 Å². The molecule has 2 nitrogen and oxygen atoms in total. The van der Waals surface area contributed by atoms with Crippen LogP contribution < -0.4 is 9.47 Å². The van der Waals surface area contributed by atoms with E-state index < -0.39 is 0 Å². The number of ether oxygens (including phenoxy) is 2. The van der Waals surface area contributed by atoms with Crippen LogP contribution >= 0.6 is 43.6 Å². The Hall–Kier alpha value is -0.650. The van der Waals surface area contributed by atoms with Crippen LogP contribution in [0.2, 0.25) is 0 Å². The quantitative estimate of drug-likeness (QED) is 0.448. The van der Waals surface area contributed by atoms with Gasteiger partial charge in [-0.15, -0.1) is 11.8 Å². The molecule has 2 aromatic rings. The van der Waals surface area contributed by atoms with E-state index in [1.54, 1.807) is 26.0 Å². The Labute approximate surface area is 146 Å². The largest absolute Gasteiger partial charge is 0.496 e. The summed E-state index contributed by atoms with van der Waals surface area (Å²) in [6.07, 6.45) is 2.08. The van der Waals surface area contributed by atoms with Gasteiger partial charge in [-0.2, -0.15) is 0 Å². The zero-order chi connectivity index (χ0) is 15.4. The van der Waals surface area contributed by atoms with Crippen molar-refractivity contribution < 1.29 is 9.47 Å². The van der Waals surface area contributed by atoms with Crippen LogP contribution in [0.1, 0.15) is 16.0 Å². The lowest BCUT2D eigenvalue weighted by molar-refractivity contribution is 0.397. The normalized spacial score (nSPS) is 12.0. The molecule has 0 amide bonds. The van der Waals surface area contributed by atoms with Crippen molar-refractivity contribution in [3.05, 3.63) is 52.0 Å². The van der Waals surface area contributed by atoms with Gasteiger partial charge < -0.3 is 9.47 Å². The van der Waals surface area contributed by atoms with Gasteiger partial charge in [0.25, 0.3) is 0 Å². The number of hydrogen-bond acceptors (Lipinski definition) is 3. The van der Waals surface area contributed by atoms with E-state index in [0.29, 0.717) is 0 Å². The Morgan fingerprint density at radius 2 is 1.67 bits per heavy atom. The first-order chi connectivity index (χ1) is 10.1. The number of halogens is 2. The second-order valence-corrected chi connectivity index (χ2v) is 6.95. The van der Waals surface area contributed by atoms with Gasteiger partial charge in [0.2, 0.25) is 0 Å². The molecular weight excluding hydrogens is 416 g/mol. The molecule has 0 aliphatic rings. The summed E-state index contributed by atoms with van der Waals surface area (Å²) < 4.78 is 11.8. The van der Waals surface area contributed by atoms with Gasteiger partial charge in [-0.1, -0.05) is 34.1 Å². The Bertz CT molecular complexity index is 632. The molecule has 1 atom stereocenters. The van der Waals surface area contributed by atoms with Crippen LogP contribution in [0, 0.1) is 0 Å². The van der Waals surface area contributed by atoms with Gasteiger partial charge in [-0.05, 0) is 45.9 Å². The van der Waals surface area contributed by atoms with E-state index in [0.717, 1.165) is 21.5 Å². The SMILES string of the molecule is COc1cc(C(Br)c2ccccc2SC)c(OC)cc1Br. The first kappa shape index (κ1) is 16.7. The molecule has 2 rings (SSSR count). The lowest BCUT2D eigenvalue weighted by atomic mass is 10.0. The van der Waals surface area contributed by atoms with Crippen molar-refractivity contribution in [2.24, 2.45) is 0 Å². The predicted molar refractivity (Wildman–Crippen MR) is 96.2 cm³/mol. The number of rotatable bonds is 5. The highest BCUT2D eigenvalue weighted by molar-refractivity contribution is 9.10. The van der Waals surface area contributed by atoms with Gasteiger partial charge in [-0.25, -0.2) is 0 Å². The summed E-state index contributed by atoms with van der Waals surface area (Å²) in [6, 6.07) is 12.3. The van der Waals surface area contributed by atoms with Crippen molar-refractivity contribution in [1.82, 2.24) is 0 Å². The average molecular weight is 432 g/mol. The van der Waals surface area contributed by atoms with E-state index in [4.69, 9.17) is 9.47 Å². The zero-order valence-electron chi connectivity index (χ0n) is 12.0. The summed E-state index contributed by atoms with van der Waals surface area (Å²) in [5, 5.41) is 0. The molecule has 21 heavy (non-hydrogen) atoms. The zero-order valence-corrected chi connectivity index (χ0v) is 16.0. The summed E-state index contributed by atoms with van der Waals surface area (Å²) in [5.74, 6) is 1.61. The van der Waals surface area contributed by atoms with Gasteiger partial charge in [-0.3, -0.25) is 0 Å². The minimum Gasteiger partial charge on any atom is -0.496 e. The fraction of sp³-hybridized carbons (Fsp3) is 0.250. The molecule has 0 saturated carbocycles. The smallest absolute Gasteiger partial charge is 0.133 e. The first-order valence-electron chi connectivity index (χ1n) is 6.30. The summed E-state index contributed by atoms with van der Waals surface area (Å²) >= 11 is 9.03. The Morgan fingerprint density at radius 3 is 2.29 bits per heavy atom. The first-order valence-corrected chi connectivity index (χ1v) is 9.24. The lowest BCUT2D eigenvalue weighted by Gasteiger charge is -2.18. The predicted octanol–water partition coefficient (Wildman–Crippen LogP) is 5.67.